The number of nitrogens with zero attached hydrogens (tertiary/aromatic N) is 2. The molecule has 1 aromatic carbocycles. The fourth-order valence-electron chi connectivity index (χ4n) is 1.92. The van der Waals surface area contributed by atoms with Crippen LogP contribution in [0.15, 0.2) is 42.9 Å². The van der Waals surface area contributed by atoms with E-state index in [1.54, 1.807) is 12.4 Å². The van der Waals surface area contributed by atoms with Gasteiger partial charge in [0.1, 0.15) is 5.82 Å². The van der Waals surface area contributed by atoms with Crippen LogP contribution < -0.4 is 5.73 Å². The van der Waals surface area contributed by atoms with Crippen LogP contribution in [0.3, 0.4) is 0 Å². The van der Waals surface area contributed by atoms with E-state index in [4.69, 9.17) is 5.73 Å². The summed E-state index contributed by atoms with van der Waals surface area (Å²) in [6, 6.07) is 7.60. The lowest BCUT2D eigenvalue weighted by Crippen LogP contribution is -2.04. The number of rotatable bonds is 2. The Kier molecular flexibility index (Phi) is 2.30. The molecule has 0 unspecified atom stereocenters. The zero-order valence-electron chi connectivity index (χ0n) is 9.42. The van der Waals surface area contributed by atoms with Gasteiger partial charge in [-0.2, -0.15) is 5.10 Å². The molecule has 5 nitrogen and oxygen atoms in total. The number of pyridine rings is 1. The lowest BCUT2D eigenvalue weighted by Gasteiger charge is -2.04. The van der Waals surface area contributed by atoms with E-state index in [0.717, 1.165) is 10.8 Å². The third-order valence-corrected chi connectivity index (χ3v) is 2.83. The van der Waals surface area contributed by atoms with Crippen LogP contribution in [0.2, 0.25) is 0 Å². The van der Waals surface area contributed by atoms with Crippen molar-refractivity contribution < 1.29 is 4.79 Å². The molecule has 3 rings (SSSR count). The Bertz CT molecular complexity index is 727. The number of benzene rings is 1. The van der Waals surface area contributed by atoms with Crippen LogP contribution in [0.1, 0.15) is 15.9 Å². The number of nitrogens with one attached hydrogen (secondary N) is 1. The second-order valence-electron chi connectivity index (χ2n) is 3.93. The Balaban J connectivity index is 2.21. The van der Waals surface area contributed by atoms with Crippen LogP contribution in [0, 0.1) is 0 Å². The predicted octanol–water partition coefficient (Wildman–Crippen LogP) is 1.77. The SMILES string of the molecule is Nc1[nH]ncc1C(=O)c1cncc2ccccc12. The minimum atomic E-state index is -0.175. The zero-order chi connectivity index (χ0) is 12.5. The van der Waals surface area contributed by atoms with E-state index in [1.807, 2.05) is 24.3 Å². The van der Waals surface area contributed by atoms with Gasteiger partial charge in [0.05, 0.1) is 11.8 Å². The van der Waals surface area contributed by atoms with Crippen LogP contribution in [0.4, 0.5) is 5.82 Å². The summed E-state index contributed by atoms with van der Waals surface area (Å²) in [5, 5.41) is 8.09. The third-order valence-electron chi connectivity index (χ3n) is 2.83. The molecular weight excluding hydrogens is 228 g/mol. The van der Waals surface area contributed by atoms with E-state index in [9.17, 15) is 4.79 Å². The molecule has 88 valence electrons. The van der Waals surface area contributed by atoms with Gasteiger partial charge in [-0.1, -0.05) is 24.3 Å². The molecule has 0 bridgehead atoms. The monoisotopic (exact) mass is 238 g/mol. The number of hydrogen-bond donors (Lipinski definition) is 2. The first-order chi connectivity index (χ1) is 8.77. The number of nitrogens with two attached hydrogens (primary N) is 1. The van der Waals surface area contributed by atoms with E-state index >= 15 is 0 Å². The fraction of sp³-hybridized carbons (Fsp3) is 0. The van der Waals surface area contributed by atoms with Gasteiger partial charge in [-0.25, -0.2) is 0 Å². The highest BCUT2D eigenvalue weighted by molar-refractivity contribution is 6.17. The van der Waals surface area contributed by atoms with Crippen molar-refractivity contribution in [1.29, 1.82) is 0 Å². The number of aromatic nitrogens is 3. The molecule has 0 atom stereocenters. The fourth-order valence-corrected chi connectivity index (χ4v) is 1.92. The quantitative estimate of drug-likeness (QED) is 0.666. The van der Waals surface area contributed by atoms with E-state index in [2.05, 4.69) is 15.2 Å². The Morgan fingerprint density at radius 1 is 1.11 bits per heavy atom. The van der Waals surface area contributed by atoms with Crippen molar-refractivity contribution >= 4 is 22.4 Å². The highest BCUT2D eigenvalue weighted by Crippen LogP contribution is 2.21. The van der Waals surface area contributed by atoms with Crippen molar-refractivity contribution in [3.8, 4) is 0 Å². The summed E-state index contributed by atoms with van der Waals surface area (Å²) in [5.41, 5.74) is 6.56. The Labute approximate surface area is 103 Å². The van der Waals surface area contributed by atoms with Crippen molar-refractivity contribution in [2.24, 2.45) is 0 Å². The summed E-state index contributed by atoms with van der Waals surface area (Å²) in [6.45, 7) is 0. The Morgan fingerprint density at radius 3 is 2.72 bits per heavy atom. The van der Waals surface area contributed by atoms with Gasteiger partial charge >= 0.3 is 0 Å². The summed E-state index contributed by atoms with van der Waals surface area (Å²) >= 11 is 0. The maximum Gasteiger partial charge on any atom is 0.200 e. The van der Waals surface area contributed by atoms with Crippen LogP contribution in [-0.2, 0) is 0 Å². The Hall–Kier alpha value is -2.69. The first-order valence-corrected chi connectivity index (χ1v) is 5.43. The van der Waals surface area contributed by atoms with E-state index < -0.39 is 0 Å². The normalized spacial score (nSPS) is 10.7. The molecule has 0 saturated heterocycles. The molecule has 5 heteroatoms. The average Bonchev–Trinajstić information content (AvgIpc) is 2.83. The zero-order valence-corrected chi connectivity index (χ0v) is 9.42. The molecular formula is C13H10N4O. The number of nitrogen functional groups attached to an aromatic ring is 1. The molecule has 0 amide bonds. The number of H-pyrrole nitrogens is 1. The van der Waals surface area contributed by atoms with E-state index in [0.29, 0.717) is 11.1 Å². The maximum atomic E-state index is 12.4. The van der Waals surface area contributed by atoms with Gasteiger partial charge in [0.15, 0.2) is 0 Å². The van der Waals surface area contributed by atoms with Gasteiger partial charge in [0, 0.05) is 23.3 Å². The minimum absolute atomic E-state index is 0.175. The van der Waals surface area contributed by atoms with Crippen molar-refractivity contribution in [3.63, 3.8) is 0 Å². The lowest BCUT2D eigenvalue weighted by atomic mass is 10.0. The van der Waals surface area contributed by atoms with Crippen molar-refractivity contribution in [1.82, 2.24) is 15.2 Å². The average molecular weight is 238 g/mol. The van der Waals surface area contributed by atoms with Crippen molar-refractivity contribution in [3.05, 3.63) is 54.0 Å². The first-order valence-electron chi connectivity index (χ1n) is 5.43. The second-order valence-corrected chi connectivity index (χ2v) is 3.93. The molecule has 0 aliphatic carbocycles. The predicted molar refractivity (Wildman–Crippen MR) is 68.2 cm³/mol. The molecule has 3 aromatic rings. The molecule has 0 aliphatic rings. The first kappa shape index (κ1) is 10.5. The molecule has 0 radical (unpaired) electrons. The summed E-state index contributed by atoms with van der Waals surface area (Å²) in [4.78, 5) is 16.4. The number of carbonyl (C=O) groups is 1. The summed E-state index contributed by atoms with van der Waals surface area (Å²) < 4.78 is 0. The molecule has 0 fully saturated rings. The van der Waals surface area contributed by atoms with Gasteiger partial charge in [-0.3, -0.25) is 14.9 Å². The van der Waals surface area contributed by atoms with E-state index in [1.165, 1.54) is 6.20 Å². The van der Waals surface area contributed by atoms with Gasteiger partial charge in [-0.05, 0) is 5.39 Å². The standard InChI is InChI=1S/C13H10N4O/c14-13-11(7-16-17-13)12(18)10-6-15-5-8-3-1-2-4-9(8)10/h1-7H,(H3,14,16,17). The minimum Gasteiger partial charge on any atom is -0.383 e. The van der Waals surface area contributed by atoms with E-state index in [-0.39, 0.29) is 11.6 Å². The summed E-state index contributed by atoms with van der Waals surface area (Å²) in [5.74, 6) is 0.0958. The maximum absolute atomic E-state index is 12.4. The van der Waals surface area contributed by atoms with Gasteiger partial charge in [0.25, 0.3) is 0 Å². The summed E-state index contributed by atoms with van der Waals surface area (Å²) in [7, 11) is 0. The smallest absolute Gasteiger partial charge is 0.200 e. The number of anilines is 1. The van der Waals surface area contributed by atoms with Crippen LogP contribution in [-0.4, -0.2) is 21.0 Å². The highest BCUT2D eigenvalue weighted by Gasteiger charge is 2.16. The van der Waals surface area contributed by atoms with Crippen LogP contribution in [0.5, 0.6) is 0 Å². The number of aromatic amines is 1. The van der Waals surface area contributed by atoms with Gasteiger partial charge in [-0.15, -0.1) is 0 Å². The molecule has 2 heterocycles. The molecule has 0 saturated carbocycles. The van der Waals surface area contributed by atoms with Gasteiger partial charge in [0.2, 0.25) is 5.78 Å². The number of ketones is 1. The molecule has 0 spiro atoms. The molecule has 0 aliphatic heterocycles. The molecule has 3 N–H and O–H groups in total. The molecule has 18 heavy (non-hydrogen) atoms. The highest BCUT2D eigenvalue weighted by atomic mass is 16.1. The van der Waals surface area contributed by atoms with Crippen molar-refractivity contribution in [2.45, 2.75) is 0 Å². The number of hydrogen-bond acceptors (Lipinski definition) is 4. The lowest BCUT2D eigenvalue weighted by molar-refractivity contribution is 0.104. The number of fused-ring (bicyclic) bond motifs is 1. The van der Waals surface area contributed by atoms with Crippen LogP contribution in [0.25, 0.3) is 10.8 Å². The van der Waals surface area contributed by atoms with Crippen molar-refractivity contribution in [2.75, 3.05) is 5.73 Å². The topological polar surface area (TPSA) is 84.7 Å². The second kappa shape index (κ2) is 3.96. The number of carbonyl (C=O) groups excluding carboxylic acids is 1. The van der Waals surface area contributed by atoms with Crippen LogP contribution >= 0.6 is 0 Å². The largest absolute Gasteiger partial charge is 0.383 e. The third kappa shape index (κ3) is 1.53. The summed E-state index contributed by atoms with van der Waals surface area (Å²) in [6.07, 6.45) is 4.71. The van der Waals surface area contributed by atoms with Gasteiger partial charge < -0.3 is 5.73 Å². The Morgan fingerprint density at radius 2 is 1.94 bits per heavy atom. The molecule has 2 aromatic heterocycles.